The highest BCUT2D eigenvalue weighted by atomic mass is 15.1. The van der Waals surface area contributed by atoms with Crippen LogP contribution in [0.3, 0.4) is 0 Å². The molecule has 0 aliphatic carbocycles. The zero-order valence-electron chi connectivity index (χ0n) is 6.44. The first kappa shape index (κ1) is 6.34. The summed E-state index contributed by atoms with van der Waals surface area (Å²) in [6, 6.07) is 2.12. The fraction of sp³-hybridized carbons (Fsp3) is 0.250. The van der Waals surface area contributed by atoms with Gasteiger partial charge in [0, 0.05) is 18.1 Å². The summed E-state index contributed by atoms with van der Waals surface area (Å²) in [5.74, 6) is 1.06. The minimum absolute atomic E-state index is 1.04. The van der Waals surface area contributed by atoms with E-state index in [0.29, 0.717) is 0 Å². The van der Waals surface area contributed by atoms with Crippen molar-refractivity contribution in [1.82, 2.24) is 4.98 Å². The number of anilines is 2. The van der Waals surface area contributed by atoms with Gasteiger partial charge in [-0.05, 0) is 12.5 Å². The lowest BCUT2D eigenvalue weighted by molar-refractivity contribution is 1.06. The first-order valence-electron chi connectivity index (χ1n) is 3.80. The second-order valence-corrected chi connectivity index (χ2v) is 2.56. The summed E-state index contributed by atoms with van der Waals surface area (Å²) in [4.78, 5) is 3.26. The minimum atomic E-state index is 1.04. The van der Waals surface area contributed by atoms with E-state index >= 15 is 0 Å². The van der Waals surface area contributed by atoms with Crippen LogP contribution in [0.1, 0.15) is 12.6 Å². The molecule has 0 amide bonds. The maximum atomic E-state index is 3.26. The highest BCUT2D eigenvalue weighted by Crippen LogP contribution is 2.24. The molecule has 58 valence electrons. The number of H-pyrrole nitrogens is 1. The summed E-state index contributed by atoms with van der Waals surface area (Å²) in [7, 11) is 0. The summed E-state index contributed by atoms with van der Waals surface area (Å²) < 4.78 is 0. The van der Waals surface area contributed by atoms with Crippen LogP contribution in [0.4, 0.5) is 11.5 Å². The third-order valence-corrected chi connectivity index (χ3v) is 1.80. The highest BCUT2D eigenvalue weighted by Gasteiger charge is 2.06. The monoisotopic (exact) mass is 149 g/mol. The van der Waals surface area contributed by atoms with Crippen molar-refractivity contribution >= 4 is 11.5 Å². The van der Waals surface area contributed by atoms with Crippen LogP contribution in [-0.4, -0.2) is 4.98 Å². The number of fused-ring (bicyclic) bond motifs is 1. The largest absolute Gasteiger partial charge is 0.357 e. The normalized spacial score (nSPS) is 13.5. The van der Waals surface area contributed by atoms with Crippen LogP contribution in [0.5, 0.6) is 0 Å². The lowest BCUT2D eigenvalue weighted by Gasteiger charge is -2.07. The van der Waals surface area contributed by atoms with Crippen molar-refractivity contribution in [2.45, 2.75) is 13.3 Å². The number of hydrogen-bond donors (Lipinski definition) is 3. The number of nitrogens with one attached hydrogen (secondary N) is 3. The van der Waals surface area contributed by atoms with Crippen molar-refractivity contribution in [3.8, 4) is 0 Å². The zero-order valence-corrected chi connectivity index (χ0v) is 6.44. The van der Waals surface area contributed by atoms with E-state index < -0.39 is 0 Å². The molecular weight excluding hydrogens is 138 g/mol. The Kier molecular flexibility index (Phi) is 1.35. The maximum Gasteiger partial charge on any atom is 0.131 e. The summed E-state index contributed by atoms with van der Waals surface area (Å²) in [6.45, 7) is 2.13. The Hall–Kier alpha value is -1.38. The van der Waals surface area contributed by atoms with Gasteiger partial charge in [-0.25, -0.2) is 0 Å². The zero-order chi connectivity index (χ0) is 7.68. The van der Waals surface area contributed by atoms with Gasteiger partial charge < -0.3 is 15.6 Å². The Morgan fingerprint density at radius 3 is 2.82 bits per heavy atom. The SMILES string of the molecule is CCc1cc2c([nH]1)NC=CN2. The molecule has 2 rings (SSSR count). The van der Waals surface area contributed by atoms with Crippen molar-refractivity contribution in [1.29, 1.82) is 0 Å². The third-order valence-electron chi connectivity index (χ3n) is 1.80. The summed E-state index contributed by atoms with van der Waals surface area (Å²) in [6.07, 6.45) is 4.80. The summed E-state index contributed by atoms with van der Waals surface area (Å²) in [5, 5.41) is 6.26. The van der Waals surface area contributed by atoms with Crippen LogP contribution in [0, 0.1) is 0 Å². The van der Waals surface area contributed by atoms with Gasteiger partial charge in [-0.15, -0.1) is 0 Å². The molecule has 3 nitrogen and oxygen atoms in total. The Bertz CT molecular complexity index is 260. The number of aromatic amines is 1. The van der Waals surface area contributed by atoms with Gasteiger partial charge >= 0.3 is 0 Å². The molecule has 0 fully saturated rings. The predicted molar refractivity (Wildman–Crippen MR) is 46.6 cm³/mol. The Morgan fingerprint density at radius 1 is 1.27 bits per heavy atom. The van der Waals surface area contributed by atoms with Gasteiger partial charge in [-0.2, -0.15) is 0 Å². The van der Waals surface area contributed by atoms with Crippen molar-refractivity contribution in [2.24, 2.45) is 0 Å². The van der Waals surface area contributed by atoms with Gasteiger partial charge in [-0.1, -0.05) is 6.92 Å². The van der Waals surface area contributed by atoms with Crippen molar-refractivity contribution in [2.75, 3.05) is 10.6 Å². The summed E-state index contributed by atoms with van der Waals surface area (Å²) in [5.41, 5.74) is 2.38. The molecule has 11 heavy (non-hydrogen) atoms. The van der Waals surface area contributed by atoms with Gasteiger partial charge in [0.15, 0.2) is 0 Å². The fourth-order valence-corrected chi connectivity index (χ4v) is 1.18. The summed E-state index contributed by atoms with van der Waals surface area (Å²) >= 11 is 0. The number of aryl methyl sites for hydroxylation is 1. The van der Waals surface area contributed by atoms with Crippen LogP contribution in [-0.2, 0) is 6.42 Å². The first-order valence-corrected chi connectivity index (χ1v) is 3.80. The van der Waals surface area contributed by atoms with E-state index in [-0.39, 0.29) is 0 Å². The van der Waals surface area contributed by atoms with Crippen LogP contribution in [0.15, 0.2) is 18.5 Å². The predicted octanol–water partition coefficient (Wildman–Crippen LogP) is 1.89. The molecule has 0 spiro atoms. The molecule has 0 unspecified atom stereocenters. The Morgan fingerprint density at radius 2 is 2.09 bits per heavy atom. The molecule has 3 N–H and O–H groups in total. The van der Waals surface area contributed by atoms with E-state index in [1.165, 1.54) is 5.69 Å². The Balaban J connectivity index is 2.36. The van der Waals surface area contributed by atoms with Gasteiger partial charge in [-0.3, -0.25) is 0 Å². The molecule has 0 saturated carbocycles. The van der Waals surface area contributed by atoms with Gasteiger partial charge in [0.05, 0.1) is 5.69 Å². The van der Waals surface area contributed by atoms with Crippen LogP contribution in [0.25, 0.3) is 0 Å². The first-order chi connectivity index (χ1) is 5.40. The topological polar surface area (TPSA) is 39.9 Å². The molecule has 1 aliphatic rings. The molecule has 1 aliphatic heterocycles. The van der Waals surface area contributed by atoms with E-state index in [1.807, 2.05) is 12.4 Å². The molecule has 0 atom stereocenters. The molecule has 0 radical (unpaired) electrons. The van der Waals surface area contributed by atoms with Crippen LogP contribution < -0.4 is 10.6 Å². The second-order valence-electron chi connectivity index (χ2n) is 2.56. The lowest BCUT2D eigenvalue weighted by atomic mass is 10.3. The standard InChI is InChI=1S/C8H11N3/c1-2-6-5-7-8(11-6)10-4-3-9-7/h3-5,9-11H,2H2,1H3. The average Bonchev–Trinajstić information content (AvgIpc) is 2.46. The molecule has 3 heteroatoms. The molecule has 2 heterocycles. The van der Waals surface area contributed by atoms with Crippen molar-refractivity contribution in [3.63, 3.8) is 0 Å². The second kappa shape index (κ2) is 2.34. The molecular formula is C8H11N3. The van der Waals surface area contributed by atoms with Gasteiger partial charge in [0.25, 0.3) is 0 Å². The number of aromatic nitrogens is 1. The lowest BCUT2D eigenvalue weighted by Crippen LogP contribution is -1.99. The van der Waals surface area contributed by atoms with E-state index in [9.17, 15) is 0 Å². The molecule has 0 saturated heterocycles. The van der Waals surface area contributed by atoms with E-state index in [0.717, 1.165) is 17.9 Å². The van der Waals surface area contributed by atoms with Crippen LogP contribution >= 0.6 is 0 Å². The maximum absolute atomic E-state index is 3.26. The molecule has 0 aromatic carbocycles. The van der Waals surface area contributed by atoms with E-state index in [4.69, 9.17) is 0 Å². The number of rotatable bonds is 1. The van der Waals surface area contributed by atoms with Crippen molar-refractivity contribution < 1.29 is 0 Å². The quantitative estimate of drug-likeness (QED) is 0.570. The molecule has 0 bridgehead atoms. The highest BCUT2D eigenvalue weighted by molar-refractivity contribution is 5.70. The fourth-order valence-electron chi connectivity index (χ4n) is 1.18. The smallest absolute Gasteiger partial charge is 0.131 e. The van der Waals surface area contributed by atoms with Crippen molar-refractivity contribution in [3.05, 3.63) is 24.2 Å². The molecule has 1 aromatic rings. The van der Waals surface area contributed by atoms with Gasteiger partial charge in [0.1, 0.15) is 5.82 Å². The Labute approximate surface area is 65.5 Å². The van der Waals surface area contributed by atoms with Crippen LogP contribution in [0.2, 0.25) is 0 Å². The van der Waals surface area contributed by atoms with E-state index in [2.05, 4.69) is 28.6 Å². The minimum Gasteiger partial charge on any atom is -0.357 e. The molecule has 1 aromatic heterocycles. The third kappa shape index (κ3) is 0.981. The van der Waals surface area contributed by atoms with Gasteiger partial charge in [0.2, 0.25) is 0 Å². The average molecular weight is 149 g/mol. The van der Waals surface area contributed by atoms with E-state index in [1.54, 1.807) is 0 Å². The number of hydrogen-bond acceptors (Lipinski definition) is 2.